The van der Waals surface area contributed by atoms with Gasteiger partial charge in [-0.05, 0) is 75.2 Å². The summed E-state index contributed by atoms with van der Waals surface area (Å²) in [6.45, 7) is 12.3. The number of hydrogen-bond acceptors (Lipinski definition) is 4. The van der Waals surface area contributed by atoms with Gasteiger partial charge < -0.3 is 14.9 Å². The van der Waals surface area contributed by atoms with Crippen molar-refractivity contribution in [2.24, 2.45) is 34.0 Å². The first kappa shape index (κ1) is 21.9. The van der Waals surface area contributed by atoms with Gasteiger partial charge in [0.2, 0.25) is 0 Å². The number of rotatable bonds is 4. The molecule has 0 unspecified atom stereocenters. The summed E-state index contributed by atoms with van der Waals surface area (Å²) >= 11 is 0. The van der Waals surface area contributed by atoms with Crippen molar-refractivity contribution in [2.45, 2.75) is 97.2 Å². The molecule has 7 atom stereocenters. The number of carbonyl (C=O) groups excluding carboxylic acids is 1. The molecule has 0 amide bonds. The van der Waals surface area contributed by atoms with Crippen LogP contribution in [0.4, 0.5) is 0 Å². The third-order valence-corrected chi connectivity index (χ3v) is 9.72. The molecular weight excluding hydrogens is 380 g/mol. The minimum Gasteiger partial charge on any atom is -0.481 e. The normalized spacial score (nSPS) is 47.5. The van der Waals surface area contributed by atoms with Gasteiger partial charge in [-0.15, -0.1) is 0 Å². The average molecular weight is 419 g/mol. The monoisotopic (exact) mass is 418 g/mol. The van der Waals surface area contributed by atoms with Gasteiger partial charge in [0.15, 0.2) is 0 Å². The van der Waals surface area contributed by atoms with Crippen LogP contribution in [0.3, 0.4) is 0 Å². The van der Waals surface area contributed by atoms with Crippen LogP contribution in [-0.2, 0) is 14.3 Å². The Morgan fingerprint density at radius 1 is 1.17 bits per heavy atom. The predicted molar refractivity (Wildman–Crippen MR) is 114 cm³/mol. The summed E-state index contributed by atoms with van der Waals surface area (Å²) in [5.74, 6) is -0.555. The summed E-state index contributed by atoms with van der Waals surface area (Å²) < 4.78 is 6.08. The van der Waals surface area contributed by atoms with Crippen LogP contribution in [0.2, 0.25) is 0 Å². The van der Waals surface area contributed by atoms with Crippen LogP contribution in [0.5, 0.6) is 0 Å². The minimum atomic E-state index is -1.04. The lowest BCUT2D eigenvalue weighted by Crippen LogP contribution is -2.71. The van der Waals surface area contributed by atoms with Crippen molar-refractivity contribution in [3.63, 3.8) is 0 Å². The highest BCUT2D eigenvalue weighted by Crippen LogP contribution is 2.74. The summed E-state index contributed by atoms with van der Waals surface area (Å²) in [6, 6.07) is 0. The van der Waals surface area contributed by atoms with E-state index in [1.54, 1.807) is 0 Å². The maximum absolute atomic E-state index is 12.7. The van der Waals surface area contributed by atoms with Gasteiger partial charge in [-0.2, -0.15) is 0 Å². The van der Waals surface area contributed by atoms with E-state index in [0.29, 0.717) is 25.7 Å². The molecule has 0 aromatic carbocycles. The van der Waals surface area contributed by atoms with Crippen LogP contribution in [0.1, 0.15) is 85.5 Å². The fourth-order valence-corrected chi connectivity index (χ4v) is 8.21. The highest BCUT2D eigenvalue weighted by molar-refractivity contribution is 5.75. The van der Waals surface area contributed by atoms with Crippen LogP contribution < -0.4 is 0 Å². The molecule has 0 aliphatic heterocycles. The lowest BCUT2D eigenvalue weighted by atomic mass is 9.38. The molecule has 5 heteroatoms. The van der Waals surface area contributed by atoms with E-state index in [9.17, 15) is 19.8 Å². The molecule has 1 spiro atoms. The number of ether oxygens (including phenoxy) is 1. The second kappa shape index (κ2) is 6.82. The van der Waals surface area contributed by atoms with Crippen LogP contribution >= 0.6 is 0 Å². The van der Waals surface area contributed by atoms with E-state index in [0.717, 1.165) is 37.7 Å². The molecule has 4 fully saturated rings. The lowest BCUT2D eigenvalue weighted by Gasteiger charge is -2.68. The number of fused-ring (bicyclic) bond motifs is 3. The van der Waals surface area contributed by atoms with Crippen molar-refractivity contribution in [3.8, 4) is 0 Å². The van der Waals surface area contributed by atoms with Crippen LogP contribution in [-0.4, -0.2) is 33.9 Å². The standard InChI is InChI=1S/C25H38O5/c1-15(2)13-19(26)30-20-16(3)17-7-12-25(29)23(5)10-6-9-22(4,21(27)28)18(23)8-11-24(20,25)14-17/h15,17-18,20,29H,3,6-14H2,1-2,4-5H3,(H,27,28)/t17-,18-,20-,22-,23-,24+,25-/m1/s1. The number of aliphatic carboxylic acids is 1. The topological polar surface area (TPSA) is 83.8 Å². The Kier molecular flexibility index (Phi) is 4.97. The van der Waals surface area contributed by atoms with Crippen molar-refractivity contribution < 1.29 is 24.5 Å². The number of carboxylic acids is 1. The zero-order valence-electron chi connectivity index (χ0n) is 19.0. The molecule has 4 rings (SSSR count). The summed E-state index contributed by atoms with van der Waals surface area (Å²) in [6.07, 6.45) is 5.90. The Morgan fingerprint density at radius 2 is 1.87 bits per heavy atom. The summed E-state index contributed by atoms with van der Waals surface area (Å²) in [5, 5.41) is 22.6. The van der Waals surface area contributed by atoms with Crippen molar-refractivity contribution in [1.29, 1.82) is 0 Å². The number of aliphatic hydroxyl groups is 1. The van der Waals surface area contributed by atoms with E-state index in [-0.39, 0.29) is 23.7 Å². The van der Waals surface area contributed by atoms with Crippen molar-refractivity contribution in [3.05, 3.63) is 12.2 Å². The maximum atomic E-state index is 12.7. The van der Waals surface area contributed by atoms with Gasteiger partial charge in [0.1, 0.15) is 6.10 Å². The number of hydrogen-bond donors (Lipinski definition) is 2. The molecule has 4 aliphatic carbocycles. The zero-order chi connectivity index (χ0) is 22.1. The third kappa shape index (κ3) is 2.63. The molecule has 4 saturated carbocycles. The molecular formula is C25H38O5. The van der Waals surface area contributed by atoms with E-state index in [2.05, 4.69) is 13.5 Å². The molecule has 0 aromatic rings. The Morgan fingerprint density at radius 3 is 2.50 bits per heavy atom. The molecule has 30 heavy (non-hydrogen) atoms. The van der Waals surface area contributed by atoms with Gasteiger partial charge >= 0.3 is 11.9 Å². The maximum Gasteiger partial charge on any atom is 0.309 e. The summed E-state index contributed by atoms with van der Waals surface area (Å²) in [4.78, 5) is 24.9. The van der Waals surface area contributed by atoms with Crippen molar-refractivity contribution >= 4 is 11.9 Å². The molecule has 2 N–H and O–H groups in total. The van der Waals surface area contributed by atoms with Crippen LogP contribution in [0.25, 0.3) is 0 Å². The molecule has 0 saturated heterocycles. The Labute approximate surface area is 180 Å². The molecule has 0 radical (unpaired) electrons. The largest absolute Gasteiger partial charge is 0.481 e. The van der Waals surface area contributed by atoms with Crippen molar-refractivity contribution in [2.75, 3.05) is 0 Å². The van der Waals surface area contributed by atoms with E-state index >= 15 is 0 Å². The molecule has 5 nitrogen and oxygen atoms in total. The molecule has 2 bridgehead atoms. The number of carbonyl (C=O) groups is 2. The highest BCUT2D eigenvalue weighted by atomic mass is 16.5. The Hall–Kier alpha value is -1.36. The highest BCUT2D eigenvalue weighted by Gasteiger charge is 2.75. The predicted octanol–water partition coefficient (Wildman–Crippen LogP) is 4.72. The second-order valence-corrected chi connectivity index (χ2v) is 11.6. The van der Waals surface area contributed by atoms with Gasteiger partial charge in [-0.3, -0.25) is 9.59 Å². The number of esters is 1. The van der Waals surface area contributed by atoms with Gasteiger partial charge in [0, 0.05) is 17.3 Å². The quantitative estimate of drug-likeness (QED) is 0.510. The van der Waals surface area contributed by atoms with E-state index in [1.165, 1.54) is 0 Å². The van der Waals surface area contributed by atoms with E-state index in [1.807, 2.05) is 20.8 Å². The van der Waals surface area contributed by atoms with Gasteiger partial charge in [-0.25, -0.2) is 0 Å². The van der Waals surface area contributed by atoms with E-state index in [4.69, 9.17) is 4.74 Å². The van der Waals surface area contributed by atoms with E-state index < -0.39 is 33.9 Å². The average Bonchev–Trinajstić information content (AvgIpc) is 2.86. The van der Waals surface area contributed by atoms with Gasteiger partial charge in [0.25, 0.3) is 0 Å². The van der Waals surface area contributed by atoms with Crippen LogP contribution in [0, 0.1) is 34.0 Å². The third-order valence-electron chi connectivity index (χ3n) is 9.72. The fourth-order valence-electron chi connectivity index (χ4n) is 8.21. The minimum absolute atomic E-state index is 0.0793. The fraction of sp³-hybridized carbons (Fsp3) is 0.840. The molecule has 168 valence electrons. The first-order valence-corrected chi connectivity index (χ1v) is 11.8. The molecule has 0 heterocycles. The van der Waals surface area contributed by atoms with Crippen LogP contribution in [0.15, 0.2) is 12.2 Å². The first-order chi connectivity index (χ1) is 13.9. The smallest absolute Gasteiger partial charge is 0.309 e. The molecule has 0 aromatic heterocycles. The summed E-state index contributed by atoms with van der Waals surface area (Å²) in [7, 11) is 0. The van der Waals surface area contributed by atoms with Gasteiger partial charge in [0.05, 0.1) is 11.0 Å². The number of carboxylic acid groups (broad SMARTS) is 1. The molecule has 4 aliphatic rings. The van der Waals surface area contributed by atoms with Gasteiger partial charge in [-0.1, -0.05) is 33.8 Å². The second-order valence-electron chi connectivity index (χ2n) is 11.6. The SMILES string of the molecule is C=C1[C@@H]2CC[C@]3(O)[C@@](CC[C@@H]4[C@](C)(C(=O)O)CCC[C@]43C)(C2)[C@@H]1OC(=O)CC(C)C. The zero-order valence-corrected chi connectivity index (χ0v) is 19.0. The summed E-state index contributed by atoms with van der Waals surface area (Å²) in [5.41, 5.74) is -1.95. The Bertz CT molecular complexity index is 774. The Balaban J connectivity index is 1.76. The first-order valence-electron chi connectivity index (χ1n) is 11.8. The lowest BCUT2D eigenvalue weighted by molar-refractivity contribution is -0.278. The van der Waals surface area contributed by atoms with Crippen molar-refractivity contribution in [1.82, 2.24) is 0 Å².